The zero-order valence-electron chi connectivity index (χ0n) is 14.7. The van der Waals surface area contributed by atoms with Crippen LogP contribution >= 0.6 is 0 Å². The topological polar surface area (TPSA) is 52.7 Å². The summed E-state index contributed by atoms with van der Waals surface area (Å²) >= 11 is 0. The average molecular weight is 340 g/mol. The predicted octanol–water partition coefficient (Wildman–Crippen LogP) is 2.68. The van der Waals surface area contributed by atoms with E-state index in [1.807, 2.05) is 25.1 Å². The second-order valence-electron chi connectivity index (χ2n) is 6.63. The maximum absolute atomic E-state index is 12.1. The molecule has 1 heterocycles. The maximum Gasteiger partial charge on any atom is 0.232 e. The molecule has 1 saturated heterocycles. The highest BCUT2D eigenvalue weighted by atomic mass is 32.2. The molecule has 130 valence electrons. The minimum atomic E-state index is -3.25. The molecule has 6 heteroatoms. The van der Waals surface area contributed by atoms with E-state index in [-0.39, 0.29) is 5.75 Å². The molecule has 0 amide bonds. The Morgan fingerprint density at radius 2 is 2.09 bits per heavy atom. The van der Waals surface area contributed by atoms with E-state index in [0.29, 0.717) is 18.2 Å². The molecule has 1 aromatic carbocycles. The minimum Gasteiger partial charge on any atom is -0.370 e. The van der Waals surface area contributed by atoms with Crippen LogP contribution in [-0.2, 0) is 10.0 Å². The van der Waals surface area contributed by atoms with Crippen LogP contribution in [0.5, 0.6) is 0 Å². The smallest absolute Gasteiger partial charge is 0.232 e. The lowest BCUT2D eigenvalue weighted by atomic mass is 10.1. The van der Waals surface area contributed by atoms with Gasteiger partial charge < -0.3 is 9.80 Å². The summed E-state index contributed by atoms with van der Waals surface area (Å²) in [6.07, 6.45) is 2.70. The van der Waals surface area contributed by atoms with Gasteiger partial charge in [0.2, 0.25) is 10.0 Å². The molecule has 1 aliphatic heterocycles. The SMILES string of the molecule is CCCCS(=O)(=O)Nc1ccc(C)c(N2CC[C@@H](N(C)C)C2)c1. The number of unbranched alkanes of at least 4 members (excludes halogenated alkanes) is 1. The number of hydrogen-bond acceptors (Lipinski definition) is 4. The van der Waals surface area contributed by atoms with Crippen LogP contribution in [0.3, 0.4) is 0 Å². The standard InChI is InChI=1S/C17H29N3O2S/c1-5-6-11-23(21,22)18-15-8-7-14(2)17(12-15)20-10-9-16(13-20)19(3)4/h7-8,12,16,18H,5-6,9-11,13H2,1-4H3/t16-/m1/s1. The van der Waals surface area contributed by atoms with Crippen molar-refractivity contribution in [1.82, 2.24) is 4.90 Å². The van der Waals surface area contributed by atoms with Crippen molar-refractivity contribution < 1.29 is 8.42 Å². The van der Waals surface area contributed by atoms with Crippen molar-refractivity contribution in [2.75, 3.05) is 42.6 Å². The Kier molecular flexibility index (Phi) is 5.92. The Labute approximate surface area is 140 Å². The largest absolute Gasteiger partial charge is 0.370 e. The zero-order valence-corrected chi connectivity index (χ0v) is 15.5. The van der Waals surface area contributed by atoms with Gasteiger partial charge in [0.1, 0.15) is 0 Å². The molecule has 1 atom stereocenters. The monoisotopic (exact) mass is 339 g/mol. The van der Waals surface area contributed by atoms with Gasteiger partial charge in [-0.15, -0.1) is 0 Å². The molecule has 0 aromatic heterocycles. The molecule has 5 nitrogen and oxygen atoms in total. The molecule has 0 bridgehead atoms. The summed E-state index contributed by atoms with van der Waals surface area (Å²) in [5.41, 5.74) is 2.97. The molecule has 1 N–H and O–H groups in total. The van der Waals surface area contributed by atoms with Gasteiger partial charge >= 0.3 is 0 Å². The predicted molar refractivity (Wildman–Crippen MR) is 97.8 cm³/mol. The van der Waals surface area contributed by atoms with Gasteiger partial charge in [0.15, 0.2) is 0 Å². The fraction of sp³-hybridized carbons (Fsp3) is 0.647. The summed E-state index contributed by atoms with van der Waals surface area (Å²) in [4.78, 5) is 4.61. The zero-order chi connectivity index (χ0) is 17.0. The Morgan fingerprint density at radius 3 is 2.70 bits per heavy atom. The number of likely N-dealkylation sites (N-methyl/N-ethyl adjacent to an activating group) is 1. The van der Waals surface area contributed by atoms with Gasteiger partial charge in [-0.3, -0.25) is 4.72 Å². The summed E-state index contributed by atoms with van der Waals surface area (Å²) in [5, 5.41) is 0. The molecule has 1 aliphatic rings. The number of rotatable bonds is 7. The highest BCUT2D eigenvalue weighted by molar-refractivity contribution is 7.92. The van der Waals surface area contributed by atoms with E-state index in [1.165, 1.54) is 5.56 Å². The van der Waals surface area contributed by atoms with Gasteiger partial charge in [0, 0.05) is 24.8 Å². The van der Waals surface area contributed by atoms with E-state index >= 15 is 0 Å². The molecule has 1 fully saturated rings. The second kappa shape index (κ2) is 7.53. The fourth-order valence-electron chi connectivity index (χ4n) is 2.96. The Balaban J connectivity index is 2.14. The summed E-state index contributed by atoms with van der Waals surface area (Å²) in [7, 11) is 0.970. The Morgan fingerprint density at radius 1 is 1.35 bits per heavy atom. The third-order valence-corrected chi connectivity index (χ3v) is 5.86. The van der Waals surface area contributed by atoms with Crippen molar-refractivity contribution in [3.05, 3.63) is 23.8 Å². The minimum absolute atomic E-state index is 0.180. The van der Waals surface area contributed by atoms with E-state index in [4.69, 9.17) is 0 Å². The van der Waals surface area contributed by atoms with Crippen LogP contribution in [0.15, 0.2) is 18.2 Å². The van der Waals surface area contributed by atoms with E-state index in [9.17, 15) is 8.42 Å². The first-order valence-corrected chi connectivity index (χ1v) is 10.00. The van der Waals surface area contributed by atoms with E-state index in [2.05, 4.69) is 35.5 Å². The summed E-state index contributed by atoms with van der Waals surface area (Å²) in [5.74, 6) is 0.180. The maximum atomic E-state index is 12.1. The molecule has 2 rings (SSSR count). The summed E-state index contributed by atoms with van der Waals surface area (Å²) < 4.78 is 26.9. The van der Waals surface area contributed by atoms with Crippen LogP contribution < -0.4 is 9.62 Å². The lowest BCUT2D eigenvalue weighted by Crippen LogP contribution is -2.31. The number of nitrogens with zero attached hydrogens (tertiary/aromatic N) is 2. The molecule has 0 radical (unpaired) electrons. The van der Waals surface area contributed by atoms with Crippen LogP contribution in [0.2, 0.25) is 0 Å². The molecular formula is C17H29N3O2S. The quantitative estimate of drug-likeness (QED) is 0.830. The molecular weight excluding hydrogens is 310 g/mol. The number of sulfonamides is 1. The van der Waals surface area contributed by atoms with Gasteiger partial charge in [0.05, 0.1) is 11.4 Å². The van der Waals surface area contributed by atoms with Crippen molar-refractivity contribution in [2.45, 2.75) is 39.2 Å². The molecule has 23 heavy (non-hydrogen) atoms. The van der Waals surface area contributed by atoms with Crippen molar-refractivity contribution >= 4 is 21.4 Å². The van der Waals surface area contributed by atoms with Gasteiger partial charge in [-0.2, -0.15) is 0 Å². The normalized spacial score (nSPS) is 18.7. The van der Waals surface area contributed by atoms with Gasteiger partial charge in [-0.1, -0.05) is 19.4 Å². The highest BCUT2D eigenvalue weighted by Crippen LogP contribution is 2.29. The number of nitrogens with one attached hydrogen (secondary N) is 1. The third-order valence-electron chi connectivity index (χ3n) is 4.48. The molecule has 0 saturated carbocycles. The van der Waals surface area contributed by atoms with Crippen LogP contribution in [-0.4, -0.2) is 52.3 Å². The van der Waals surface area contributed by atoms with Crippen LogP contribution in [0.25, 0.3) is 0 Å². The number of anilines is 2. The fourth-order valence-corrected chi connectivity index (χ4v) is 4.22. The molecule has 0 aliphatic carbocycles. The Bertz CT molecular complexity index is 629. The van der Waals surface area contributed by atoms with Crippen LogP contribution in [0.1, 0.15) is 31.7 Å². The van der Waals surface area contributed by atoms with Crippen LogP contribution in [0, 0.1) is 6.92 Å². The highest BCUT2D eigenvalue weighted by Gasteiger charge is 2.25. The molecule has 1 aromatic rings. The summed E-state index contributed by atoms with van der Waals surface area (Å²) in [6.45, 7) is 6.07. The second-order valence-corrected chi connectivity index (χ2v) is 8.47. The Hall–Kier alpha value is -1.27. The number of aryl methyl sites for hydroxylation is 1. The van der Waals surface area contributed by atoms with E-state index in [0.717, 1.165) is 31.6 Å². The van der Waals surface area contributed by atoms with Crippen molar-refractivity contribution in [2.24, 2.45) is 0 Å². The molecule has 0 unspecified atom stereocenters. The third kappa shape index (κ3) is 4.85. The first-order valence-electron chi connectivity index (χ1n) is 8.35. The van der Waals surface area contributed by atoms with Gasteiger partial charge in [0.25, 0.3) is 0 Å². The summed E-state index contributed by atoms with van der Waals surface area (Å²) in [6, 6.07) is 6.37. The van der Waals surface area contributed by atoms with E-state index in [1.54, 1.807) is 0 Å². The molecule has 0 spiro atoms. The van der Waals surface area contributed by atoms with Crippen molar-refractivity contribution in [1.29, 1.82) is 0 Å². The average Bonchev–Trinajstić information content (AvgIpc) is 2.97. The number of benzene rings is 1. The lowest BCUT2D eigenvalue weighted by Gasteiger charge is -2.24. The first kappa shape index (κ1) is 18.1. The first-order chi connectivity index (χ1) is 10.8. The van der Waals surface area contributed by atoms with Gasteiger partial charge in [-0.05, 0) is 51.6 Å². The van der Waals surface area contributed by atoms with Crippen LogP contribution in [0.4, 0.5) is 11.4 Å². The van der Waals surface area contributed by atoms with Crippen molar-refractivity contribution in [3.63, 3.8) is 0 Å². The number of hydrogen-bond donors (Lipinski definition) is 1. The lowest BCUT2D eigenvalue weighted by molar-refractivity contribution is 0.315. The van der Waals surface area contributed by atoms with E-state index < -0.39 is 10.0 Å². The van der Waals surface area contributed by atoms with Gasteiger partial charge in [-0.25, -0.2) is 8.42 Å². The van der Waals surface area contributed by atoms with Crippen molar-refractivity contribution in [3.8, 4) is 0 Å².